The summed E-state index contributed by atoms with van der Waals surface area (Å²) in [6.07, 6.45) is 0. The number of nitrogens with two attached hydrogens (primary N) is 1. The molecule has 0 bridgehead atoms. The second-order valence-corrected chi connectivity index (χ2v) is 5.87. The lowest BCUT2D eigenvalue weighted by atomic mass is 10.2. The van der Waals surface area contributed by atoms with E-state index < -0.39 is 44.1 Å². The Balaban J connectivity index is 3.05. The third kappa shape index (κ3) is 4.73. The summed E-state index contributed by atoms with van der Waals surface area (Å²) in [5.74, 6) is -3.42. The van der Waals surface area contributed by atoms with Crippen LogP contribution in [0.5, 0.6) is 0 Å². The topological polar surface area (TPSA) is 98.5 Å². The van der Waals surface area contributed by atoms with Gasteiger partial charge >= 0.3 is 0 Å². The number of nitrogens with one attached hydrogen (secondary N) is 1. The van der Waals surface area contributed by atoms with Crippen LogP contribution in [0.4, 0.5) is 8.78 Å². The Kier molecular flexibility index (Phi) is 5.76. The highest BCUT2D eigenvalue weighted by Gasteiger charge is 2.22. The van der Waals surface area contributed by atoms with E-state index in [0.29, 0.717) is 18.7 Å². The van der Waals surface area contributed by atoms with Gasteiger partial charge in [-0.3, -0.25) is 4.79 Å². The fourth-order valence-electron chi connectivity index (χ4n) is 1.56. The summed E-state index contributed by atoms with van der Waals surface area (Å²) < 4.78 is 54.4. The molecule has 118 valence electrons. The zero-order chi connectivity index (χ0) is 16.2. The molecule has 1 aromatic carbocycles. The Morgan fingerprint density at radius 1 is 1.38 bits per heavy atom. The molecule has 1 amide bonds. The highest BCUT2D eigenvalue weighted by Crippen LogP contribution is 2.18. The molecule has 0 saturated carbocycles. The first kappa shape index (κ1) is 17.5. The number of benzene rings is 1. The fraction of sp³-hybridized carbons (Fsp3) is 0.417. The van der Waals surface area contributed by atoms with Crippen molar-refractivity contribution in [3.05, 3.63) is 29.3 Å². The maximum Gasteiger partial charge on any atom is 0.254 e. The number of halogens is 2. The third-order valence-electron chi connectivity index (χ3n) is 2.52. The number of primary sulfonamides is 1. The molecule has 1 aromatic rings. The van der Waals surface area contributed by atoms with Crippen molar-refractivity contribution < 1.29 is 26.7 Å². The molecule has 0 spiro atoms. The average molecular weight is 322 g/mol. The van der Waals surface area contributed by atoms with Gasteiger partial charge < -0.3 is 10.1 Å². The molecule has 0 heterocycles. The second kappa shape index (κ2) is 6.92. The zero-order valence-electron chi connectivity index (χ0n) is 11.5. The van der Waals surface area contributed by atoms with Crippen molar-refractivity contribution in [2.24, 2.45) is 5.14 Å². The van der Waals surface area contributed by atoms with Crippen molar-refractivity contribution in [1.29, 1.82) is 0 Å². The number of rotatable bonds is 6. The SMILES string of the molecule is CCOCC(C)NC(=O)c1cc(S(N)(=O)=O)c(F)cc1F. The summed E-state index contributed by atoms with van der Waals surface area (Å²) in [7, 11) is -4.40. The molecule has 0 aliphatic heterocycles. The zero-order valence-corrected chi connectivity index (χ0v) is 12.3. The Morgan fingerprint density at radius 2 is 2.00 bits per heavy atom. The van der Waals surface area contributed by atoms with Crippen LogP contribution < -0.4 is 10.5 Å². The van der Waals surface area contributed by atoms with Gasteiger partial charge in [0.2, 0.25) is 10.0 Å². The van der Waals surface area contributed by atoms with E-state index in [0.717, 1.165) is 0 Å². The molecule has 0 aliphatic carbocycles. The quantitative estimate of drug-likeness (QED) is 0.808. The molecule has 1 unspecified atom stereocenters. The van der Waals surface area contributed by atoms with Crippen molar-refractivity contribution in [2.75, 3.05) is 13.2 Å². The molecule has 9 heteroatoms. The number of carbonyl (C=O) groups is 1. The molecule has 1 atom stereocenters. The summed E-state index contributed by atoms with van der Waals surface area (Å²) in [5.41, 5.74) is -0.608. The molecule has 0 saturated heterocycles. The summed E-state index contributed by atoms with van der Waals surface area (Å²) in [4.78, 5) is 10.9. The number of ether oxygens (including phenoxy) is 1. The van der Waals surface area contributed by atoms with Gasteiger partial charge in [-0.1, -0.05) is 0 Å². The van der Waals surface area contributed by atoms with E-state index in [2.05, 4.69) is 5.32 Å². The first-order valence-corrected chi connectivity index (χ1v) is 7.61. The highest BCUT2D eigenvalue weighted by molar-refractivity contribution is 7.89. The molecule has 21 heavy (non-hydrogen) atoms. The van der Waals surface area contributed by atoms with Gasteiger partial charge in [-0.15, -0.1) is 0 Å². The van der Waals surface area contributed by atoms with Gasteiger partial charge in [0.05, 0.1) is 12.2 Å². The van der Waals surface area contributed by atoms with E-state index in [1.54, 1.807) is 13.8 Å². The average Bonchev–Trinajstić information content (AvgIpc) is 2.34. The predicted octanol–water partition coefficient (Wildman–Crippen LogP) is 0.767. The maximum atomic E-state index is 13.6. The van der Waals surface area contributed by atoms with Gasteiger partial charge in [-0.05, 0) is 19.9 Å². The molecule has 0 aromatic heterocycles. The van der Waals surface area contributed by atoms with Gasteiger partial charge in [0.25, 0.3) is 5.91 Å². The Morgan fingerprint density at radius 3 is 2.52 bits per heavy atom. The van der Waals surface area contributed by atoms with Crippen LogP contribution in [0.25, 0.3) is 0 Å². The molecule has 3 N–H and O–H groups in total. The van der Waals surface area contributed by atoms with Gasteiger partial charge in [0, 0.05) is 18.7 Å². The van der Waals surface area contributed by atoms with Gasteiger partial charge in [0.15, 0.2) is 0 Å². The minimum absolute atomic E-state index is 0.201. The minimum Gasteiger partial charge on any atom is -0.380 e. The van der Waals surface area contributed by atoms with Crippen molar-refractivity contribution >= 4 is 15.9 Å². The maximum absolute atomic E-state index is 13.6. The number of amides is 1. The number of hydrogen-bond acceptors (Lipinski definition) is 4. The Hall–Kier alpha value is -1.58. The van der Waals surface area contributed by atoms with Crippen molar-refractivity contribution in [3.63, 3.8) is 0 Å². The first-order valence-electron chi connectivity index (χ1n) is 6.07. The van der Waals surface area contributed by atoms with E-state index in [9.17, 15) is 22.0 Å². The molecular formula is C12H16F2N2O4S. The Labute approximate surface area is 121 Å². The van der Waals surface area contributed by atoms with Crippen LogP contribution in [0.1, 0.15) is 24.2 Å². The standard InChI is InChI=1S/C12H16F2N2O4S/c1-3-20-6-7(2)16-12(17)8-4-11(21(15,18)19)10(14)5-9(8)13/h4-5,7H,3,6H2,1-2H3,(H,16,17)(H2,15,18,19). The van der Waals surface area contributed by atoms with Crippen LogP contribution >= 0.6 is 0 Å². The number of carbonyl (C=O) groups excluding carboxylic acids is 1. The van der Waals surface area contributed by atoms with Crippen LogP contribution in [0.15, 0.2) is 17.0 Å². The van der Waals surface area contributed by atoms with Crippen molar-refractivity contribution in [3.8, 4) is 0 Å². The minimum atomic E-state index is -4.40. The second-order valence-electron chi connectivity index (χ2n) is 4.34. The Bertz CT molecular complexity index is 634. The highest BCUT2D eigenvalue weighted by atomic mass is 32.2. The van der Waals surface area contributed by atoms with Crippen LogP contribution in [0.3, 0.4) is 0 Å². The van der Waals surface area contributed by atoms with Gasteiger partial charge in [-0.2, -0.15) is 0 Å². The summed E-state index contributed by atoms with van der Waals surface area (Å²) in [6, 6.07) is 0.449. The monoisotopic (exact) mass is 322 g/mol. The summed E-state index contributed by atoms with van der Waals surface area (Å²) in [5, 5.41) is 7.21. The molecule has 0 radical (unpaired) electrons. The van der Waals surface area contributed by atoms with E-state index in [-0.39, 0.29) is 6.61 Å². The van der Waals surface area contributed by atoms with Crippen molar-refractivity contribution in [1.82, 2.24) is 5.32 Å². The van der Waals surface area contributed by atoms with Crippen molar-refractivity contribution in [2.45, 2.75) is 24.8 Å². The smallest absolute Gasteiger partial charge is 0.254 e. The van der Waals surface area contributed by atoms with E-state index in [4.69, 9.17) is 9.88 Å². The van der Waals surface area contributed by atoms with Gasteiger partial charge in [-0.25, -0.2) is 22.3 Å². The third-order valence-corrected chi connectivity index (χ3v) is 3.45. The molecule has 0 fully saturated rings. The van der Waals surface area contributed by atoms with Crippen LogP contribution in [0, 0.1) is 11.6 Å². The van der Waals surface area contributed by atoms with Gasteiger partial charge in [0.1, 0.15) is 16.5 Å². The summed E-state index contributed by atoms with van der Waals surface area (Å²) >= 11 is 0. The predicted molar refractivity (Wildman–Crippen MR) is 71.2 cm³/mol. The normalized spacial score (nSPS) is 13.0. The van der Waals surface area contributed by atoms with Crippen LogP contribution in [0.2, 0.25) is 0 Å². The van der Waals surface area contributed by atoms with E-state index in [1.165, 1.54) is 0 Å². The lowest BCUT2D eigenvalue weighted by molar-refractivity contribution is 0.0868. The largest absolute Gasteiger partial charge is 0.380 e. The van der Waals surface area contributed by atoms with Crippen LogP contribution in [-0.2, 0) is 14.8 Å². The molecule has 6 nitrogen and oxygen atoms in total. The molecular weight excluding hydrogens is 306 g/mol. The molecule has 0 aliphatic rings. The van der Waals surface area contributed by atoms with E-state index in [1.807, 2.05) is 0 Å². The van der Waals surface area contributed by atoms with Crippen LogP contribution in [-0.4, -0.2) is 33.6 Å². The lowest BCUT2D eigenvalue weighted by Crippen LogP contribution is -2.36. The first-order chi connectivity index (χ1) is 9.66. The lowest BCUT2D eigenvalue weighted by Gasteiger charge is -2.14. The number of sulfonamides is 1. The summed E-state index contributed by atoms with van der Waals surface area (Å²) in [6.45, 7) is 4.04. The van der Waals surface area contributed by atoms with E-state index >= 15 is 0 Å². The molecule has 1 rings (SSSR count). The number of hydrogen-bond donors (Lipinski definition) is 2. The fourth-order valence-corrected chi connectivity index (χ4v) is 2.17.